The molecule has 1 aliphatic carbocycles. The van der Waals surface area contributed by atoms with Crippen molar-refractivity contribution in [3.63, 3.8) is 0 Å². The largest absolute Gasteiger partial charge is 0.378 e. The number of nitrogens with zero attached hydrogens (tertiary/aromatic N) is 2. The summed E-state index contributed by atoms with van der Waals surface area (Å²) in [5, 5.41) is 6.66. The SMILES string of the molecule is CCOC1CC(Nc2ncnc(NC)c2C(C)C)C1. The fourth-order valence-corrected chi connectivity index (χ4v) is 2.51. The highest BCUT2D eigenvalue weighted by atomic mass is 16.5. The minimum absolute atomic E-state index is 0.383. The molecule has 0 unspecified atom stereocenters. The van der Waals surface area contributed by atoms with Crippen LogP contribution in [0, 0.1) is 0 Å². The lowest BCUT2D eigenvalue weighted by atomic mass is 9.89. The highest BCUT2D eigenvalue weighted by Gasteiger charge is 2.30. The van der Waals surface area contributed by atoms with Crippen molar-refractivity contribution in [2.75, 3.05) is 24.3 Å². The average molecular weight is 264 g/mol. The van der Waals surface area contributed by atoms with E-state index in [1.165, 1.54) is 0 Å². The third-order valence-corrected chi connectivity index (χ3v) is 3.54. The maximum Gasteiger partial charge on any atom is 0.135 e. The first-order chi connectivity index (χ1) is 9.15. The Morgan fingerprint density at radius 2 is 2.00 bits per heavy atom. The van der Waals surface area contributed by atoms with Crippen LogP contribution in [0.2, 0.25) is 0 Å². The molecule has 1 saturated carbocycles. The highest BCUT2D eigenvalue weighted by Crippen LogP contribution is 2.32. The number of hydrogen-bond acceptors (Lipinski definition) is 5. The van der Waals surface area contributed by atoms with Crippen molar-refractivity contribution in [3.8, 4) is 0 Å². The molecular formula is C14H24N4O. The average Bonchev–Trinajstić information content (AvgIpc) is 2.35. The van der Waals surface area contributed by atoms with E-state index >= 15 is 0 Å². The van der Waals surface area contributed by atoms with Gasteiger partial charge >= 0.3 is 0 Å². The second kappa shape index (κ2) is 6.19. The summed E-state index contributed by atoms with van der Waals surface area (Å²) in [6.07, 6.45) is 4.14. The molecule has 0 amide bonds. The van der Waals surface area contributed by atoms with Crippen molar-refractivity contribution in [1.29, 1.82) is 0 Å². The van der Waals surface area contributed by atoms with Crippen LogP contribution in [0.1, 0.15) is 45.1 Å². The van der Waals surface area contributed by atoms with Gasteiger partial charge in [0.15, 0.2) is 0 Å². The number of rotatable bonds is 6. The molecule has 1 aliphatic rings. The zero-order chi connectivity index (χ0) is 13.8. The van der Waals surface area contributed by atoms with Crippen molar-refractivity contribution >= 4 is 11.6 Å². The molecule has 0 aromatic carbocycles. The normalized spacial score (nSPS) is 22.2. The summed E-state index contributed by atoms with van der Waals surface area (Å²) in [6.45, 7) is 7.16. The molecule has 1 aromatic rings. The van der Waals surface area contributed by atoms with Crippen molar-refractivity contribution in [3.05, 3.63) is 11.9 Å². The van der Waals surface area contributed by atoms with E-state index in [1.807, 2.05) is 14.0 Å². The summed E-state index contributed by atoms with van der Waals surface area (Å²) >= 11 is 0. The Labute approximate surface area is 115 Å². The molecule has 106 valence electrons. The van der Waals surface area contributed by atoms with E-state index in [9.17, 15) is 0 Å². The van der Waals surface area contributed by atoms with E-state index in [-0.39, 0.29) is 0 Å². The summed E-state index contributed by atoms with van der Waals surface area (Å²) in [7, 11) is 1.90. The zero-order valence-electron chi connectivity index (χ0n) is 12.2. The molecular weight excluding hydrogens is 240 g/mol. The van der Waals surface area contributed by atoms with E-state index in [0.717, 1.165) is 36.6 Å². The summed E-state index contributed by atoms with van der Waals surface area (Å²) in [6, 6.07) is 0.466. The lowest BCUT2D eigenvalue weighted by Crippen LogP contribution is -2.41. The number of nitrogens with one attached hydrogen (secondary N) is 2. The van der Waals surface area contributed by atoms with Crippen molar-refractivity contribution in [1.82, 2.24) is 9.97 Å². The highest BCUT2D eigenvalue weighted by molar-refractivity contribution is 5.59. The Morgan fingerprint density at radius 3 is 2.58 bits per heavy atom. The van der Waals surface area contributed by atoms with Crippen LogP contribution in [0.5, 0.6) is 0 Å². The van der Waals surface area contributed by atoms with Crippen LogP contribution in [0.25, 0.3) is 0 Å². The first kappa shape index (κ1) is 14.1. The topological polar surface area (TPSA) is 59.1 Å². The maximum atomic E-state index is 5.58. The zero-order valence-corrected chi connectivity index (χ0v) is 12.2. The molecule has 0 spiro atoms. The molecule has 1 fully saturated rings. The van der Waals surface area contributed by atoms with E-state index in [2.05, 4.69) is 34.4 Å². The third kappa shape index (κ3) is 3.15. The molecule has 0 aliphatic heterocycles. The monoisotopic (exact) mass is 264 g/mol. The third-order valence-electron chi connectivity index (χ3n) is 3.54. The van der Waals surface area contributed by atoms with Gasteiger partial charge in [-0.1, -0.05) is 13.8 Å². The van der Waals surface area contributed by atoms with Gasteiger partial charge in [0.1, 0.15) is 18.0 Å². The van der Waals surface area contributed by atoms with Gasteiger partial charge in [0.05, 0.1) is 6.10 Å². The van der Waals surface area contributed by atoms with Crippen LogP contribution in [0.3, 0.4) is 0 Å². The van der Waals surface area contributed by atoms with Gasteiger partial charge in [0.25, 0.3) is 0 Å². The summed E-state index contributed by atoms with van der Waals surface area (Å²) in [4.78, 5) is 8.69. The predicted molar refractivity (Wildman–Crippen MR) is 77.7 cm³/mol. The Bertz CT molecular complexity index is 416. The molecule has 5 nitrogen and oxygen atoms in total. The minimum Gasteiger partial charge on any atom is -0.378 e. The molecule has 0 radical (unpaired) electrons. The predicted octanol–water partition coefficient (Wildman–Crippen LogP) is 2.62. The maximum absolute atomic E-state index is 5.58. The Morgan fingerprint density at radius 1 is 1.32 bits per heavy atom. The van der Waals surface area contributed by atoms with Crippen LogP contribution in [-0.4, -0.2) is 35.8 Å². The van der Waals surface area contributed by atoms with Crippen molar-refractivity contribution in [2.24, 2.45) is 0 Å². The number of ether oxygens (including phenoxy) is 1. The van der Waals surface area contributed by atoms with Crippen LogP contribution in [0.15, 0.2) is 6.33 Å². The standard InChI is InChI=1S/C14H24N4O/c1-5-19-11-6-10(7-11)18-14-12(9(2)3)13(15-4)16-8-17-14/h8-11H,5-7H2,1-4H3,(H2,15,16,17,18). The summed E-state index contributed by atoms with van der Waals surface area (Å²) in [5.74, 6) is 2.25. The number of aromatic nitrogens is 2. The van der Waals surface area contributed by atoms with E-state index in [1.54, 1.807) is 6.33 Å². The van der Waals surface area contributed by atoms with Crippen LogP contribution >= 0.6 is 0 Å². The molecule has 2 N–H and O–H groups in total. The molecule has 0 saturated heterocycles. The van der Waals surface area contributed by atoms with E-state index in [4.69, 9.17) is 4.74 Å². The van der Waals surface area contributed by atoms with Crippen LogP contribution in [-0.2, 0) is 4.74 Å². The Hall–Kier alpha value is -1.36. The summed E-state index contributed by atoms with van der Waals surface area (Å²) in [5.41, 5.74) is 1.16. The molecule has 1 heterocycles. The van der Waals surface area contributed by atoms with Crippen molar-refractivity contribution in [2.45, 2.75) is 51.7 Å². The minimum atomic E-state index is 0.383. The first-order valence-corrected chi connectivity index (χ1v) is 7.06. The molecule has 5 heteroatoms. The number of hydrogen-bond donors (Lipinski definition) is 2. The first-order valence-electron chi connectivity index (χ1n) is 7.06. The molecule has 1 aromatic heterocycles. The fraction of sp³-hybridized carbons (Fsp3) is 0.714. The van der Waals surface area contributed by atoms with Crippen LogP contribution < -0.4 is 10.6 Å². The fourth-order valence-electron chi connectivity index (χ4n) is 2.51. The molecule has 19 heavy (non-hydrogen) atoms. The van der Waals surface area contributed by atoms with Gasteiger partial charge in [-0.05, 0) is 25.7 Å². The quantitative estimate of drug-likeness (QED) is 0.827. The Balaban J connectivity index is 2.05. The van der Waals surface area contributed by atoms with Gasteiger partial charge in [0, 0.05) is 25.3 Å². The molecule has 2 rings (SSSR count). The summed E-state index contributed by atoms with van der Waals surface area (Å²) < 4.78 is 5.58. The van der Waals surface area contributed by atoms with Gasteiger partial charge < -0.3 is 15.4 Å². The van der Waals surface area contributed by atoms with Gasteiger partial charge in [-0.3, -0.25) is 0 Å². The van der Waals surface area contributed by atoms with Gasteiger partial charge in [0.2, 0.25) is 0 Å². The molecule has 0 bridgehead atoms. The van der Waals surface area contributed by atoms with Crippen molar-refractivity contribution < 1.29 is 4.74 Å². The smallest absolute Gasteiger partial charge is 0.135 e. The van der Waals surface area contributed by atoms with E-state index in [0.29, 0.717) is 18.1 Å². The van der Waals surface area contributed by atoms with Gasteiger partial charge in [-0.15, -0.1) is 0 Å². The number of anilines is 2. The molecule has 0 atom stereocenters. The lowest BCUT2D eigenvalue weighted by molar-refractivity contribution is 0.00291. The van der Waals surface area contributed by atoms with Gasteiger partial charge in [-0.2, -0.15) is 0 Å². The Kier molecular flexibility index (Phi) is 4.58. The lowest BCUT2D eigenvalue weighted by Gasteiger charge is -2.36. The van der Waals surface area contributed by atoms with Crippen LogP contribution in [0.4, 0.5) is 11.6 Å². The second-order valence-corrected chi connectivity index (χ2v) is 5.28. The second-order valence-electron chi connectivity index (χ2n) is 5.28. The van der Waals surface area contributed by atoms with E-state index < -0.39 is 0 Å². The van der Waals surface area contributed by atoms with Gasteiger partial charge in [-0.25, -0.2) is 9.97 Å².